The number of ether oxygens (including phenoxy) is 1. The van der Waals surface area contributed by atoms with Crippen molar-refractivity contribution in [3.63, 3.8) is 0 Å². The van der Waals surface area contributed by atoms with E-state index < -0.39 is 11.9 Å². The summed E-state index contributed by atoms with van der Waals surface area (Å²) in [6, 6.07) is 26.8. The molecule has 0 N–H and O–H groups in total. The highest BCUT2D eigenvalue weighted by Crippen LogP contribution is 2.25. The van der Waals surface area contributed by atoms with Crippen LogP contribution in [0, 0.1) is 0 Å². The summed E-state index contributed by atoms with van der Waals surface area (Å²) < 4.78 is 4.95. The Morgan fingerprint density at radius 3 is 1.69 bits per heavy atom. The topological polar surface area (TPSA) is 63.7 Å². The average Bonchev–Trinajstić information content (AvgIpc) is 2.78. The molecule has 1 amide bonds. The third-order valence-corrected chi connectivity index (χ3v) is 4.05. The molecule has 0 saturated heterocycles. The number of benzene rings is 3. The van der Waals surface area contributed by atoms with Crippen LogP contribution in [0.3, 0.4) is 0 Å². The predicted molar refractivity (Wildman–Crippen MR) is 111 cm³/mol. The fraction of sp³-hybridized carbons (Fsp3) is 0.0417. The third kappa shape index (κ3) is 5.49. The first kappa shape index (κ1) is 19.8. The summed E-state index contributed by atoms with van der Waals surface area (Å²) in [7, 11) is 0. The summed E-state index contributed by atoms with van der Waals surface area (Å²) in [5, 5.41) is 0. The standard InChI is InChI=1S/C24H19NO4/c26-22(19-10-4-1-5-11-19)18-29-24(28)17-16-23(27)25(20-12-6-2-7-13-20)21-14-8-3-9-15-21/h1-17H,18H2/b17-16+. The Morgan fingerprint density at radius 2 is 1.17 bits per heavy atom. The number of carbonyl (C=O) groups is 3. The van der Waals surface area contributed by atoms with E-state index in [9.17, 15) is 14.4 Å². The highest BCUT2D eigenvalue weighted by molar-refractivity contribution is 6.09. The lowest BCUT2D eigenvalue weighted by Gasteiger charge is -2.21. The van der Waals surface area contributed by atoms with Gasteiger partial charge in [-0.2, -0.15) is 0 Å². The fourth-order valence-corrected chi connectivity index (χ4v) is 2.66. The molecular weight excluding hydrogens is 366 g/mol. The van der Waals surface area contributed by atoms with Gasteiger partial charge in [-0.15, -0.1) is 0 Å². The Kier molecular flexibility index (Phi) is 6.68. The normalized spacial score (nSPS) is 10.5. The highest BCUT2D eigenvalue weighted by atomic mass is 16.5. The minimum Gasteiger partial charge on any atom is -0.454 e. The quantitative estimate of drug-likeness (QED) is 0.345. The van der Waals surface area contributed by atoms with Crippen molar-refractivity contribution >= 4 is 29.0 Å². The van der Waals surface area contributed by atoms with E-state index in [1.807, 2.05) is 36.4 Å². The molecule has 3 rings (SSSR count). The molecule has 0 aliphatic carbocycles. The van der Waals surface area contributed by atoms with Crippen LogP contribution in [0.25, 0.3) is 0 Å². The van der Waals surface area contributed by atoms with Gasteiger partial charge < -0.3 is 4.74 Å². The molecule has 5 nitrogen and oxygen atoms in total. The molecule has 0 heterocycles. The van der Waals surface area contributed by atoms with E-state index in [1.165, 1.54) is 4.90 Å². The molecule has 144 valence electrons. The van der Waals surface area contributed by atoms with E-state index in [1.54, 1.807) is 54.6 Å². The van der Waals surface area contributed by atoms with Crippen LogP contribution in [0.15, 0.2) is 103 Å². The van der Waals surface area contributed by atoms with Gasteiger partial charge >= 0.3 is 5.97 Å². The summed E-state index contributed by atoms with van der Waals surface area (Å²) in [5.74, 6) is -1.48. The predicted octanol–water partition coefficient (Wildman–Crippen LogP) is 4.33. The van der Waals surface area contributed by atoms with Crippen LogP contribution < -0.4 is 4.90 Å². The number of esters is 1. The van der Waals surface area contributed by atoms with Crippen LogP contribution in [0.4, 0.5) is 11.4 Å². The maximum absolute atomic E-state index is 12.8. The molecule has 0 fully saturated rings. The summed E-state index contributed by atoms with van der Waals surface area (Å²) in [4.78, 5) is 38.2. The molecule has 3 aromatic carbocycles. The molecule has 0 bridgehead atoms. The summed E-state index contributed by atoms with van der Waals surface area (Å²) in [5.41, 5.74) is 1.79. The average molecular weight is 385 g/mol. The van der Waals surface area contributed by atoms with Crippen molar-refractivity contribution in [3.8, 4) is 0 Å². The maximum Gasteiger partial charge on any atom is 0.331 e. The molecular formula is C24H19NO4. The van der Waals surface area contributed by atoms with Crippen LogP contribution in [0.5, 0.6) is 0 Å². The lowest BCUT2D eigenvalue weighted by molar-refractivity contribution is -0.136. The Bertz CT molecular complexity index is 959. The van der Waals surface area contributed by atoms with Gasteiger partial charge in [-0.3, -0.25) is 14.5 Å². The van der Waals surface area contributed by atoms with E-state index in [0.29, 0.717) is 16.9 Å². The van der Waals surface area contributed by atoms with E-state index >= 15 is 0 Å². The maximum atomic E-state index is 12.8. The SMILES string of the molecule is O=C(/C=C/C(=O)N(c1ccccc1)c1ccccc1)OCC(=O)c1ccccc1. The molecule has 5 heteroatoms. The zero-order chi connectivity index (χ0) is 20.5. The number of ketones is 1. The first-order valence-corrected chi connectivity index (χ1v) is 9.02. The second-order valence-electron chi connectivity index (χ2n) is 6.07. The van der Waals surface area contributed by atoms with Crippen molar-refractivity contribution in [2.75, 3.05) is 11.5 Å². The van der Waals surface area contributed by atoms with Gasteiger partial charge in [-0.25, -0.2) is 4.79 Å². The van der Waals surface area contributed by atoms with Crippen molar-refractivity contribution in [1.82, 2.24) is 0 Å². The first-order chi connectivity index (χ1) is 14.1. The van der Waals surface area contributed by atoms with Gasteiger partial charge in [0, 0.05) is 29.1 Å². The van der Waals surface area contributed by atoms with Crippen LogP contribution in [-0.2, 0) is 14.3 Å². The zero-order valence-electron chi connectivity index (χ0n) is 15.6. The largest absolute Gasteiger partial charge is 0.454 e. The van der Waals surface area contributed by atoms with Crippen molar-refractivity contribution in [1.29, 1.82) is 0 Å². The smallest absolute Gasteiger partial charge is 0.331 e. The number of para-hydroxylation sites is 2. The van der Waals surface area contributed by atoms with E-state index in [2.05, 4.69) is 0 Å². The Morgan fingerprint density at radius 1 is 0.690 bits per heavy atom. The van der Waals surface area contributed by atoms with Crippen molar-refractivity contribution in [2.45, 2.75) is 0 Å². The zero-order valence-corrected chi connectivity index (χ0v) is 15.6. The van der Waals surface area contributed by atoms with Gasteiger partial charge in [0.1, 0.15) is 0 Å². The minimum atomic E-state index is -0.760. The van der Waals surface area contributed by atoms with Gasteiger partial charge in [-0.05, 0) is 24.3 Å². The van der Waals surface area contributed by atoms with Crippen LogP contribution in [0.2, 0.25) is 0 Å². The molecule has 0 aliphatic rings. The lowest BCUT2D eigenvalue weighted by atomic mass is 10.1. The summed E-state index contributed by atoms with van der Waals surface area (Å²) >= 11 is 0. The number of Topliss-reactive ketones (excluding diaryl/α,β-unsaturated/α-hetero) is 1. The van der Waals surface area contributed by atoms with Gasteiger partial charge in [-0.1, -0.05) is 66.7 Å². The molecule has 0 unspecified atom stereocenters. The van der Waals surface area contributed by atoms with Crippen molar-refractivity contribution in [3.05, 3.63) is 109 Å². The minimum absolute atomic E-state index is 0.311. The third-order valence-electron chi connectivity index (χ3n) is 4.05. The number of carbonyl (C=O) groups excluding carboxylic acids is 3. The van der Waals surface area contributed by atoms with E-state index in [0.717, 1.165) is 12.2 Å². The number of hydrogen-bond acceptors (Lipinski definition) is 4. The summed E-state index contributed by atoms with van der Waals surface area (Å²) in [6.07, 6.45) is 2.16. The first-order valence-electron chi connectivity index (χ1n) is 9.02. The number of amides is 1. The van der Waals surface area contributed by atoms with Gasteiger partial charge in [0.15, 0.2) is 12.4 Å². The highest BCUT2D eigenvalue weighted by Gasteiger charge is 2.16. The second-order valence-corrected chi connectivity index (χ2v) is 6.07. The molecule has 0 radical (unpaired) electrons. The Labute approximate surface area is 168 Å². The summed E-state index contributed by atoms with van der Waals surface area (Å²) in [6.45, 7) is -0.386. The van der Waals surface area contributed by atoms with Crippen molar-refractivity contribution < 1.29 is 19.1 Å². The number of nitrogens with zero attached hydrogens (tertiary/aromatic N) is 1. The fourth-order valence-electron chi connectivity index (χ4n) is 2.66. The van der Waals surface area contributed by atoms with Gasteiger partial charge in [0.2, 0.25) is 0 Å². The Hall–Kier alpha value is -3.99. The molecule has 0 saturated carbocycles. The number of hydrogen-bond donors (Lipinski definition) is 0. The van der Waals surface area contributed by atoms with Gasteiger partial charge in [0.25, 0.3) is 5.91 Å². The number of anilines is 2. The van der Waals surface area contributed by atoms with E-state index in [4.69, 9.17) is 4.74 Å². The monoisotopic (exact) mass is 385 g/mol. The Balaban J connectivity index is 1.67. The van der Waals surface area contributed by atoms with Crippen LogP contribution in [-0.4, -0.2) is 24.3 Å². The number of rotatable bonds is 7. The lowest BCUT2D eigenvalue weighted by Crippen LogP contribution is -2.24. The molecule has 0 aliphatic heterocycles. The molecule has 0 aromatic heterocycles. The molecule has 0 spiro atoms. The molecule has 0 atom stereocenters. The second kappa shape index (κ2) is 9.80. The molecule has 29 heavy (non-hydrogen) atoms. The van der Waals surface area contributed by atoms with E-state index in [-0.39, 0.29) is 12.4 Å². The van der Waals surface area contributed by atoms with Crippen molar-refractivity contribution in [2.24, 2.45) is 0 Å². The molecule has 3 aromatic rings. The van der Waals surface area contributed by atoms with Crippen LogP contribution in [0.1, 0.15) is 10.4 Å². The van der Waals surface area contributed by atoms with Gasteiger partial charge in [0.05, 0.1) is 0 Å². The van der Waals surface area contributed by atoms with Crippen LogP contribution >= 0.6 is 0 Å².